The van der Waals surface area contributed by atoms with Crippen LogP contribution in [0.3, 0.4) is 0 Å². The Hall–Kier alpha value is -3.47. The topological polar surface area (TPSA) is 106 Å². The maximum Gasteiger partial charge on any atom is 0.513 e. The Morgan fingerprint density at radius 1 is 1.07 bits per heavy atom. The van der Waals surface area contributed by atoms with Gasteiger partial charge in [0.25, 0.3) is 0 Å². The number of aliphatic imine (C=N–C) groups is 1. The van der Waals surface area contributed by atoms with Crippen LogP contribution in [0.25, 0.3) is 0 Å². The Kier molecular flexibility index (Phi) is 8.98. The van der Waals surface area contributed by atoms with E-state index in [1.54, 1.807) is 19.1 Å². The first-order valence-corrected chi connectivity index (χ1v) is 13.9. The summed E-state index contributed by atoms with van der Waals surface area (Å²) < 4.78 is 16.8. The molecular weight excluding hydrogens is 555 g/mol. The van der Waals surface area contributed by atoms with Gasteiger partial charge in [0.2, 0.25) is 12.3 Å². The summed E-state index contributed by atoms with van der Waals surface area (Å²) in [5, 5.41) is 8.65. The van der Waals surface area contributed by atoms with Crippen molar-refractivity contribution in [3.05, 3.63) is 81.9 Å². The van der Waals surface area contributed by atoms with Crippen LogP contribution in [0.2, 0.25) is 10.0 Å². The van der Waals surface area contributed by atoms with Gasteiger partial charge in [-0.15, -0.1) is 10.2 Å². The minimum Gasteiger partial charge on any atom is -0.434 e. The van der Waals surface area contributed by atoms with Crippen molar-refractivity contribution in [1.29, 1.82) is 0 Å². The molecule has 0 bridgehead atoms. The first-order valence-electron chi connectivity index (χ1n) is 13.1. The Bertz CT molecular complexity index is 1370. The van der Waals surface area contributed by atoms with Crippen molar-refractivity contribution < 1.29 is 18.7 Å². The number of benzene rings is 1. The number of allylic oxidation sites excluding steroid dienone is 2. The number of carbonyl (C=O) groups excluding carboxylic acids is 1. The summed E-state index contributed by atoms with van der Waals surface area (Å²) in [7, 11) is 0. The van der Waals surface area contributed by atoms with Crippen molar-refractivity contribution in [3.63, 3.8) is 0 Å². The molecule has 1 fully saturated rings. The highest BCUT2D eigenvalue weighted by Crippen LogP contribution is 2.47. The van der Waals surface area contributed by atoms with E-state index in [4.69, 9.17) is 37.1 Å². The predicted octanol–water partition coefficient (Wildman–Crippen LogP) is 5.71. The molecule has 2 unspecified atom stereocenters. The minimum absolute atomic E-state index is 0.226. The molecule has 0 saturated carbocycles. The summed E-state index contributed by atoms with van der Waals surface area (Å²) in [4.78, 5) is 26.5. The number of aromatic nitrogens is 3. The quantitative estimate of drug-likeness (QED) is 0.243. The van der Waals surface area contributed by atoms with Crippen molar-refractivity contribution >= 4 is 40.9 Å². The summed E-state index contributed by atoms with van der Waals surface area (Å²) in [6.07, 6.45) is 2.93. The van der Waals surface area contributed by atoms with Crippen LogP contribution >= 0.6 is 23.2 Å². The number of piperazine rings is 1. The zero-order valence-electron chi connectivity index (χ0n) is 22.3. The van der Waals surface area contributed by atoms with Gasteiger partial charge in [-0.05, 0) is 44.0 Å². The van der Waals surface area contributed by atoms with Crippen LogP contribution in [0.15, 0.2) is 69.9 Å². The largest absolute Gasteiger partial charge is 0.513 e. The van der Waals surface area contributed by atoms with Gasteiger partial charge >= 0.3 is 6.16 Å². The Labute approximate surface area is 242 Å². The fourth-order valence-corrected chi connectivity index (χ4v) is 5.59. The molecule has 3 aromatic rings. The number of hydrogen-bond donors (Lipinski definition) is 0. The summed E-state index contributed by atoms with van der Waals surface area (Å²) >= 11 is 13.0. The Balaban J connectivity index is 1.20. The first kappa shape index (κ1) is 28.1. The number of ether oxygens (including phenoxy) is 2. The fourth-order valence-electron chi connectivity index (χ4n) is 5.17. The van der Waals surface area contributed by atoms with Crippen molar-refractivity contribution in [2.24, 2.45) is 4.99 Å². The van der Waals surface area contributed by atoms with Gasteiger partial charge in [-0.1, -0.05) is 41.4 Å². The Morgan fingerprint density at radius 2 is 1.90 bits per heavy atom. The van der Waals surface area contributed by atoms with E-state index < -0.39 is 18.0 Å². The van der Waals surface area contributed by atoms with Gasteiger partial charge in [0, 0.05) is 44.6 Å². The third-order valence-electron chi connectivity index (χ3n) is 7.10. The van der Waals surface area contributed by atoms with Gasteiger partial charge in [-0.3, -0.25) is 9.89 Å². The van der Waals surface area contributed by atoms with Crippen molar-refractivity contribution in [2.75, 3.05) is 44.2 Å². The van der Waals surface area contributed by atoms with Crippen molar-refractivity contribution in [1.82, 2.24) is 20.1 Å². The minimum atomic E-state index is -0.809. The standard InChI is InChI=1S/C28H30Cl2N6O4/c1-18-23(27-34-32-17-39-27)24(20-7-5-8-21(29)25(20)30)26(19(2)33-18)40-28(37)38-16-6-11-35-12-14-36(15-13-35)22-9-3-4-10-31-22/h3-5,7-10,17,23-24H,6,11-16H2,1-2H3. The van der Waals surface area contributed by atoms with E-state index in [9.17, 15) is 4.79 Å². The van der Waals surface area contributed by atoms with Gasteiger partial charge in [0.05, 0.1) is 34.2 Å². The van der Waals surface area contributed by atoms with Crippen LogP contribution in [-0.2, 0) is 9.47 Å². The normalized spacial score (nSPS) is 19.9. The lowest BCUT2D eigenvalue weighted by molar-refractivity contribution is 0.0676. The molecule has 5 rings (SSSR count). The zero-order chi connectivity index (χ0) is 28.1. The van der Waals surface area contributed by atoms with Crippen LogP contribution in [0.4, 0.5) is 10.6 Å². The number of anilines is 1. The van der Waals surface area contributed by atoms with E-state index in [-0.39, 0.29) is 6.61 Å². The number of pyridine rings is 1. The molecule has 12 heteroatoms. The molecule has 0 aliphatic carbocycles. The number of halogens is 2. The molecule has 40 heavy (non-hydrogen) atoms. The van der Waals surface area contributed by atoms with Gasteiger partial charge in [-0.25, -0.2) is 9.78 Å². The number of rotatable bonds is 8. The summed E-state index contributed by atoms with van der Waals surface area (Å²) in [6, 6.07) is 11.3. The molecule has 0 N–H and O–H groups in total. The SMILES string of the molecule is CC1=NC(C)=C(OC(=O)OCCCN2CCN(c3ccccn3)CC2)C(c2cccc(Cl)c2Cl)C1c1nnco1. The zero-order valence-corrected chi connectivity index (χ0v) is 23.8. The van der Waals surface area contributed by atoms with Crippen LogP contribution in [0.5, 0.6) is 0 Å². The molecule has 2 aliphatic heterocycles. The van der Waals surface area contributed by atoms with Crippen LogP contribution in [0.1, 0.15) is 43.6 Å². The fraction of sp³-hybridized carbons (Fsp3) is 0.393. The molecule has 4 heterocycles. The number of nitrogens with zero attached hydrogens (tertiary/aromatic N) is 6. The van der Waals surface area contributed by atoms with E-state index in [0.717, 1.165) is 38.5 Å². The van der Waals surface area contributed by atoms with E-state index in [0.29, 0.717) is 45.1 Å². The van der Waals surface area contributed by atoms with E-state index >= 15 is 0 Å². The maximum atomic E-state index is 12.8. The summed E-state index contributed by atoms with van der Waals surface area (Å²) in [5.41, 5.74) is 1.89. The average molecular weight is 585 g/mol. The lowest BCUT2D eigenvalue weighted by Crippen LogP contribution is -2.47. The highest BCUT2D eigenvalue weighted by atomic mass is 35.5. The molecule has 2 atom stereocenters. The second kappa shape index (κ2) is 12.8. The van der Waals surface area contributed by atoms with Gasteiger partial charge in [0.1, 0.15) is 11.6 Å². The Morgan fingerprint density at radius 3 is 2.62 bits per heavy atom. The van der Waals surface area contributed by atoms with Crippen LogP contribution in [0, 0.1) is 0 Å². The van der Waals surface area contributed by atoms with E-state index in [2.05, 4.69) is 30.0 Å². The van der Waals surface area contributed by atoms with E-state index in [1.807, 2.05) is 37.4 Å². The molecule has 1 aromatic carbocycles. The van der Waals surface area contributed by atoms with Gasteiger partial charge < -0.3 is 18.8 Å². The third kappa shape index (κ3) is 6.29. The highest BCUT2D eigenvalue weighted by molar-refractivity contribution is 6.42. The van der Waals surface area contributed by atoms with Gasteiger partial charge in [-0.2, -0.15) is 0 Å². The first-order chi connectivity index (χ1) is 19.4. The molecule has 10 nitrogen and oxygen atoms in total. The molecule has 0 spiro atoms. The van der Waals surface area contributed by atoms with Crippen LogP contribution in [-0.4, -0.2) is 71.3 Å². The molecule has 1 saturated heterocycles. The summed E-state index contributed by atoms with van der Waals surface area (Å²) in [6.45, 7) is 8.32. The molecular formula is C28H30Cl2N6O4. The molecule has 0 amide bonds. The lowest BCUT2D eigenvalue weighted by Gasteiger charge is -2.35. The van der Waals surface area contributed by atoms with E-state index in [1.165, 1.54) is 6.39 Å². The number of carbonyl (C=O) groups is 1. The predicted molar refractivity (Wildman–Crippen MR) is 152 cm³/mol. The van der Waals surface area contributed by atoms with Crippen molar-refractivity contribution in [2.45, 2.75) is 32.1 Å². The monoisotopic (exact) mass is 584 g/mol. The van der Waals surface area contributed by atoms with Gasteiger partial charge in [0.15, 0.2) is 0 Å². The smallest absolute Gasteiger partial charge is 0.434 e. The molecule has 210 valence electrons. The number of hydrogen-bond acceptors (Lipinski definition) is 10. The average Bonchev–Trinajstić information content (AvgIpc) is 3.49. The summed E-state index contributed by atoms with van der Waals surface area (Å²) in [5.74, 6) is 0.543. The second-order valence-electron chi connectivity index (χ2n) is 9.65. The highest BCUT2D eigenvalue weighted by Gasteiger charge is 2.41. The van der Waals surface area contributed by atoms with Crippen molar-refractivity contribution in [3.8, 4) is 0 Å². The molecule has 2 aromatic heterocycles. The molecule has 2 aliphatic rings. The maximum absolute atomic E-state index is 12.8. The molecule has 0 radical (unpaired) electrons. The van der Waals surface area contributed by atoms with Crippen LogP contribution < -0.4 is 4.90 Å². The lowest BCUT2D eigenvalue weighted by atomic mass is 9.79. The second-order valence-corrected chi connectivity index (χ2v) is 10.4. The third-order valence-corrected chi connectivity index (χ3v) is 7.94.